The summed E-state index contributed by atoms with van der Waals surface area (Å²) in [6.07, 6.45) is 4.14. The Labute approximate surface area is 139 Å². The molecule has 0 radical (unpaired) electrons. The fraction of sp³-hybridized carbons (Fsp3) is 0.529. The molecule has 0 unspecified atom stereocenters. The second-order valence-corrected chi connectivity index (χ2v) is 6.74. The number of hydrogen-bond donors (Lipinski definition) is 2. The third-order valence-electron chi connectivity index (χ3n) is 5.14. The molecule has 128 valence electrons. The van der Waals surface area contributed by atoms with Crippen molar-refractivity contribution in [3.8, 4) is 0 Å². The summed E-state index contributed by atoms with van der Waals surface area (Å²) < 4.78 is 19.4. The fourth-order valence-corrected chi connectivity index (χ4v) is 3.46. The standard InChI is InChI=1S/C17H21FN4O2/c18-12-5-2-6-13-14(12)15(19)21-17(20-13)7-9-22(10-8-17)16(23)24-11-3-1-4-11/h2,5-6,11,20H,1,3-4,7-10H2,(H2,19,21). The van der Waals surface area contributed by atoms with E-state index in [1.54, 1.807) is 17.0 Å². The van der Waals surface area contributed by atoms with Gasteiger partial charge in [-0.25, -0.2) is 14.2 Å². The zero-order chi connectivity index (χ0) is 16.7. The van der Waals surface area contributed by atoms with E-state index in [0.29, 0.717) is 37.2 Å². The number of likely N-dealkylation sites (tertiary alicyclic amines) is 1. The summed E-state index contributed by atoms with van der Waals surface area (Å²) in [5.41, 5.74) is 6.42. The number of benzene rings is 1. The summed E-state index contributed by atoms with van der Waals surface area (Å²) in [5, 5.41) is 3.32. The van der Waals surface area contributed by atoms with Gasteiger partial charge in [-0.15, -0.1) is 0 Å². The molecule has 1 aromatic carbocycles. The summed E-state index contributed by atoms with van der Waals surface area (Å²) in [6, 6.07) is 4.83. The van der Waals surface area contributed by atoms with Crippen molar-refractivity contribution in [3.05, 3.63) is 29.6 Å². The number of halogens is 1. The van der Waals surface area contributed by atoms with Crippen molar-refractivity contribution in [1.29, 1.82) is 0 Å². The van der Waals surface area contributed by atoms with Crippen LogP contribution in [-0.4, -0.2) is 41.7 Å². The molecule has 0 bridgehead atoms. The topological polar surface area (TPSA) is 80.0 Å². The highest BCUT2D eigenvalue weighted by Gasteiger charge is 2.40. The van der Waals surface area contributed by atoms with Crippen molar-refractivity contribution in [2.45, 2.75) is 43.9 Å². The lowest BCUT2D eigenvalue weighted by molar-refractivity contribution is 0.0202. The molecule has 7 heteroatoms. The third-order valence-corrected chi connectivity index (χ3v) is 5.14. The number of anilines is 1. The first-order chi connectivity index (χ1) is 11.6. The molecule has 1 saturated carbocycles. The zero-order valence-corrected chi connectivity index (χ0v) is 13.4. The van der Waals surface area contributed by atoms with Gasteiger partial charge in [-0.1, -0.05) is 6.07 Å². The van der Waals surface area contributed by atoms with Gasteiger partial charge in [-0.2, -0.15) is 0 Å². The highest BCUT2D eigenvalue weighted by atomic mass is 19.1. The first kappa shape index (κ1) is 15.2. The van der Waals surface area contributed by atoms with Crippen LogP contribution in [0, 0.1) is 5.82 Å². The molecule has 1 saturated heterocycles. The molecule has 0 atom stereocenters. The number of hydrogen-bond acceptors (Lipinski definition) is 5. The molecule has 3 aliphatic rings. The number of nitrogens with two attached hydrogens (primary N) is 1. The maximum atomic E-state index is 13.9. The van der Waals surface area contributed by atoms with E-state index in [1.807, 2.05) is 0 Å². The van der Waals surface area contributed by atoms with Crippen molar-refractivity contribution in [1.82, 2.24) is 4.90 Å². The second kappa shape index (κ2) is 5.65. The Morgan fingerprint density at radius 2 is 2.12 bits per heavy atom. The Kier molecular flexibility index (Phi) is 3.58. The van der Waals surface area contributed by atoms with Gasteiger partial charge in [0.2, 0.25) is 0 Å². The minimum Gasteiger partial charge on any atom is -0.446 e. The molecule has 6 nitrogen and oxygen atoms in total. The van der Waals surface area contributed by atoms with Crippen LogP contribution in [0.2, 0.25) is 0 Å². The summed E-state index contributed by atoms with van der Waals surface area (Å²) in [5.74, 6) is -0.162. The number of amides is 1. The van der Waals surface area contributed by atoms with Gasteiger partial charge in [0, 0.05) is 31.6 Å². The Morgan fingerprint density at radius 3 is 2.79 bits per heavy atom. The second-order valence-electron chi connectivity index (χ2n) is 6.74. The van der Waals surface area contributed by atoms with Crippen molar-refractivity contribution >= 4 is 17.6 Å². The van der Waals surface area contributed by atoms with Crippen molar-refractivity contribution in [2.75, 3.05) is 18.4 Å². The summed E-state index contributed by atoms with van der Waals surface area (Å²) in [4.78, 5) is 18.4. The minimum absolute atomic E-state index is 0.0877. The van der Waals surface area contributed by atoms with Crippen LogP contribution in [0.4, 0.5) is 14.9 Å². The maximum Gasteiger partial charge on any atom is 0.410 e. The first-order valence-electron chi connectivity index (χ1n) is 8.44. The first-order valence-corrected chi connectivity index (χ1v) is 8.44. The van der Waals surface area contributed by atoms with Crippen molar-refractivity contribution < 1.29 is 13.9 Å². The van der Waals surface area contributed by atoms with Gasteiger partial charge in [0.15, 0.2) is 0 Å². The number of nitrogens with zero attached hydrogens (tertiary/aromatic N) is 2. The largest absolute Gasteiger partial charge is 0.446 e. The van der Waals surface area contributed by atoms with E-state index in [4.69, 9.17) is 10.5 Å². The Bertz CT molecular complexity index is 694. The molecule has 1 amide bonds. The molecule has 0 aromatic heterocycles. The molecule has 2 fully saturated rings. The van der Waals surface area contributed by atoms with Crippen LogP contribution in [0.15, 0.2) is 23.2 Å². The molecule has 4 rings (SSSR count). The summed E-state index contributed by atoms with van der Waals surface area (Å²) in [6.45, 7) is 1.08. The number of ether oxygens (including phenoxy) is 1. The average molecular weight is 332 g/mol. The number of nitrogens with one attached hydrogen (secondary N) is 1. The van der Waals surface area contributed by atoms with Crippen LogP contribution < -0.4 is 11.1 Å². The molecule has 1 spiro atoms. The lowest BCUT2D eigenvalue weighted by atomic mass is 9.93. The predicted molar refractivity (Wildman–Crippen MR) is 88.4 cm³/mol. The van der Waals surface area contributed by atoms with Crippen LogP contribution in [0.5, 0.6) is 0 Å². The monoisotopic (exact) mass is 332 g/mol. The smallest absolute Gasteiger partial charge is 0.410 e. The van der Waals surface area contributed by atoms with Crippen LogP contribution in [0.3, 0.4) is 0 Å². The number of fused-ring (bicyclic) bond motifs is 1. The van der Waals surface area contributed by atoms with Gasteiger partial charge >= 0.3 is 6.09 Å². The number of amidine groups is 1. The van der Waals surface area contributed by atoms with E-state index in [-0.39, 0.29) is 23.9 Å². The highest BCUT2D eigenvalue weighted by Crippen LogP contribution is 2.35. The average Bonchev–Trinajstić information content (AvgIpc) is 2.51. The van der Waals surface area contributed by atoms with Gasteiger partial charge in [0.05, 0.1) is 5.56 Å². The number of carbonyl (C=O) groups excluding carboxylic acids is 1. The van der Waals surface area contributed by atoms with Crippen LogP contribution in [-0.2, 0) is 4.74 Å². The molecule has 2 aliphatic heterocycles. The Balaban J connectivity index is 1.45. The number of piperidine rings is 1. The Hall–Kier alpha value is -2.31. The molecule has 3 N–H and O–H groups in total. The van der Waals surface area contributed by atoms with Crippen LogP contribution in [0.1, 0.15) is 37.7 Å². The molecular formula is C17H21FN4O2. The molecule has 1 aromatic rings. The molecule has 24 heavy (non-hydrogen) atoms. The van der Waals surface area contributed by atoms with E-state index in [1.165, 1.54) is 6.07 Å². The van der Waals surface area contributed by atoms with Crippen LogP contribution in [0.25, 0.3) is 0 Å². The maximum absolute atomic E-state index is 13.9. The Morgan fingerprint density at radius 1 is 1.38 bits per heavy atom. The van der Waals surface area contributed by atoms with E-state index in [0.717, 1.165) is 19.3 Å². The quantitative estimate of drug-likeness (QED) is 0.828. The number of rotatable bonds is 1. The molecular weight excluding hydrogens is 311 g/mol. The SMILES string of the molecule is NC1=NC2(CCN(C(=O)OC3CCC3)CC2)Nc2cccc(F)c21. The van der Waals surface area contributed by atoms with Gasteiger partial charge in [-0.3, -0.25) is 0 Å². The van der Waals surface area contributed by atoms with Gasteiger partial charge in [0.1, 0.15) is 23.4 Å². The van der Waals surface area contributed by atoms with Crippen molar-refractivity contribution in [2.24, 2.45) is 10.7 Å². The van der Waals surface area contributed by atoms with E-state index < -0.39 is 5.66 Å². The zero-order valence-electron chi connectivity index (χ0n) is 13.4. The van der Waals surface area contributed by atoms with E-state index in [9.17, 15) is 9.18 Å². The summed E-state index contributed by atoms with van der Waals surface area (Å²) >= 11 is 0. The lowest BCUT2D eigenvalue weighted by Gasteiger charge is -2.42. The summed E-state index contributed by atoms with van der Waals surface area (Å²) in [7, 11) is 0. The van der Waals surface area contributed by atoms with Gasteiger partial charge < -0.3 is 20.7 Å². The van der Waals surface area contributed by atoms with E-state index >= 15 is 0 Å². The highest BCUT2D eigenvalue weighted by molar-refractivity contribution is 6.04. The normalized spacial score (nSPS) is 22.2. The fourth-order valence-electron chi connectivity index (χ4n) is 3.46. The predicted octanol–water partition coefficient (Wildman–Crippen LogP) is 2.44. The number of aliphatic imine (C=N–C) groups is 1. The minimum atomic E-state index is -0.571. The molecule has 2 heterocycles. The van der Waals surface area contributed by atoms with E-state index in [2.05, 4.69) is 10.3 Å². The van der Waals surface area contributed by atoms with Crippen LogP contribution >= 0.6 is 0 Å². The number of carbonyl (C=O) groups is 1. The van der Waals surface area contributed by atoms with Gasteiger partial charge in [0.25, 0.3) is 0 Å². The van der Waals surface area contributed by atoms with Gasteiger partial charge in [-0.05, 0) is 31.4 Å². The molecule has 1 aliphatic carbocycles. The lowest BCUT2D eigenvalue weighted by Crippen LogP contribution is -2.52. The third kappa shape index (κ3) is 2.57. The van der Waals surface area contributed by atoms with Crippen molar-refractivity contribution in [3.63, 3.8) is 0 Å².